The molecule has 6 heteroatoms. The largest absolute Gasteiger partial charge is 0.349 e. The van der Waals surface area contributed by atoms with E-state index in [1.54, 1.807) is 12.1 Å². The molecular weight excluding hydrogens is 283 g/mol. The molecule has 1 fully saturated rings. The molecule has 22 heavy (non-hydrogen) atoms. The van der Waals surface area contributed by atoms with Crippen LogP contribution in [0.1, 0.15) is 18.4 Å². The quantitative estimate of drug-likeness (QED) is 0.671. The Kier molecular flexibility index (Phi) is 3.71. The minimum Gasteiger partial charge on any atom is -0.349 e. The van der Waals surface area contributed by atoms with Gasteiger partial charge in [0.2, 0.25) is 0 Å². The molecule has 5 nitrogen and oxygen atoms in total. The zero-order chi connectivity index (χ0) is 15.5. The van der Waals surface area contributed by atoms with E-state index in [4.69, 9.17) is 5.26 Å². The Bertz CT molecular complexity index is 766. The fourth-order valence-corrected chi connectivity index (χ4v) is 2.05. The lowest BCUT2D eigenvalue weighted by Crippen LogP contribution is -2.26. The Morgan fingerprint density at radius 1 is 1.41 bits per heavy atom. The van der Waals surface area contributed by atoms with Crippen LogP contribution in [0.3, 0.4) is 0 Å². The molecule has 2 N–H and O–H groups in total. The van der Waals surface area contributed by atoms with Crippen molar-refractivity contribution in [2.75, 3.05) is 0 Å². The van der Waals surface area contributed by atoms with Crippen LogP contribution in [-0.2, 0) is 4.79 Å². The number of carbonyl (C=O) groups excluding carboxylic acids is 1. The number of H-pyrrole nitrogens is 1. The third-order valence-corrected chi connectivity index (χ3v) is 3.38. The molecule has 0 radical (unpaired) electrons. The summed E-state index contributed by atoms with van der Waals surface area (Å²) in [4.78, 5) is 12.0. The van der Waals surface area contributed by atoms with Gasteiger partial charge in [0.1, 0.15) is 17.5 Å². The third kappa shape index (κ3) is 3.04. The van der Waals surface area contributed by atoms with Crippen LogP contribution in [0.4, 0.5) is 4.39 Å². The first-order valence-electron chi connectivity index (χ1n) is 6.89. The number of amides is 1. The number of halogens is 1. The maximum Gasteiger partial charge on any atom is 0.262 e. The number of nitriles is 1. The van der Waals surface area contributed by atoms with Crippen molar-refractivity contribution in [1.29, 1.82) is 5.26 Å². The van der Waals surface area contributed by atoms with Crippen molar-refractivity contribution in [1.82, 2.24) is 15.5 Å². The first-order valence-corrected chi connectivity index (χ1v) is 6.89. The summed E-state index contributed by atoms with van der Waals surface area (Å²) < 4.78 is 13.0. The van der Waals surface area contributed by atoms with Crippen LogP contribution in [-0.4, -0.2) is 22.1 Å². The molecular formula is C16H13FN4O. The van der Waals surface area contributed by atoms with Crippen molar-refractivity contribution in [3.05, 3.63) is 47.4 Å². The fourth-order valence-electron chi connectivity index (χ4n) is 2.05. The molecule has 1 saturated carbocycles. The molecule has 1 aliphatic carbocycles. The van der Waals surface area contributed by atoms with Gasteiger partial charge in [-0.1, -0.05) is 0 Å². The second kappa shape index (κ2) is 5.82. The Morgan fingerprint density at radius 2 is 2.14 bits per heavy atom. The van der Waals surface area contributed by atoms with Gasteiger partial charge in [-0.3, -0.25) is 9.89 Å². The first kappa shape index (κ1) is 14.0. The van der Waals surface area contributed by atoms with E-state index >= 15 is 0 Å². The van der Waals surface area contributed by atoms with E-state index in [1.165, 1.54) is 24.4 Å². The standard InChI is InChI=1S/C16H13FN4O/c17-13-3-1-10(2-4-13)15-12(9-19-21-15)7-11(8-18)16(22)20-14-5-6-14/h1-4,7,9,14H,5-6H2,(H,19,21)(H,20,22). The van der Waals surface area contributed by atoms with Crippen LogP contribution < -0.4 is 5.32 Å². The van der Waals surface area contributed by atoms with Gasteiger partial charge in [0.05, 0.1) is 11.9 Å². The highest BCUT2D eigenvalue weighted by atomic mass is 19.1. The Morgan fingerprint density at radius 3 is 2.77 bits per heavy atom. The van der Waals surface area contributed by atoms with Gasteiger partial charge in [-0.2, -0.15) is 10.4 Å². The number of aromatic amines is 1. The summed E-state index contributed by atoms with van der Waals surface area (Å²) in [6.07, 6.45) is 4.92. The average Bonchev–Trinajstić information content (AvgIpc) is 3.21. The zero-order valence-corrected chi connectivity index (χ0v) is 11.6. The van der Waals surface area contributed by atoms with Gasteiger partial charge < -0.3 is 5.32 Å². The summed E-state index contributed by atoms with van der Waals surface area (Å²) in [6, 6.07) is 7.99. The second-order valence-electron chi connectivity index (χ2n) is 5.12. The Balaban J connectivity index is 1.90. The number of rotatable bonds is 4. The van der Waals surface area contributed by atoms with Crippen molar-refractivity contribution in [2.45, 2.75) is 18.9 Å². The van der Waals surface area contributed by atoms with Gasteiger partial charge in [-0.15, -0.1) is 0 Å². The van der Waals surface area contributed by atoms with E-state index in [9.17, 15) is 9.18 Å². The van der Waals surface area contributed by atoms with Crippen LogP contribution in [0.5, 0.6) is 0 Å². The minimum absolute atomic E-state index is 0.0247. The number of carbonyl (C=O) groups is 1. The van der Waals surface area contributed by atoms with Crippen LogP contribution in [0, 0.1) is 17.1 Å². The molecule has 110 valence electrons. The highest BCUT2D eigenvalue weighted by molar-refractivity contribution is 6.02. The smallest absolute Gasteiger partial charge is 0.262 e. The van der Waals surface area contributed by atoms with E-state index in [2.05, 4.69) is 15.5 Å². The average molecular weight is 296 g/mol. The number of nitrogens with zero attached hydrogens (tertiary/aromatic N) is 2. The maximum absolute atomic E-state index is 13.0. The molecule has 0 atom stereocenters. The molecule has 1 aliphatic rings. The summed E-state index contributed by atoms with van der Waals surface area (Å²) >= 11 is 0. The van der Waals surface area contributed by atoms with Gasteiger partial charge in [-0.05, 0) is 43.2 Å². The van der Waals surface area contributed by atoms with Gasteiger partial charge in [0.25, 0.3) is 5.91 Å². The lowest BCUT2D eigenvalue weighted by molar-refractivity contribution is -0.117. The lowest BCUT2D eigenvalue weighted by Gasteiger charge is -2.02. The van der Waals surface area contributed by atoms with Crippen LogP contribution in [0.25, 0.3) is 17.3 Å². The highest BCUT2D eigenvalue weighted by Crippen LogP contribution is 2.24. The van der Waals surface area contributed by atoms with Crippen molar-refractivity contribution in [2.24, 2.45) is 0 Å². The van der Waals surface area contributed by atoms with E-state index in [-0.39, 0.29) is 23.3 Å². The molecule has 1 aromatic carbocycles. The molecule has 0 unspecified atom stereocenters. The molecule has 0 aliphatic heterocycles. The molecule has 0 saturated heterocycles. The Labute approximate surface area is 126 Å². The van der Waals surface area contributed by atoms with Crippen LogP contribution in [0.2, 0.25) is 0 Å². The highest BCUT2D eigenvalue weighted by Gasteiger charge is 2.24. The predicted molar refractivity (Wildman–Crippen MR) is 78.7 cm³/mol. The SMILES string of the molecule is N#CC(=Cc1cn[nH]c1-c1ccc(F)cc1)C(=O)NC1CC1. The lowest BCUT2D eigenvalue weighted by atomic mass is 10.1. The van der Waals surface area contributed by atoms with Crippen molar-refractivity contribution < 1.29 is 9.18 Å². The molecule has 1 aromatic heterocycles. The van der Waals surface area contributed by atoms with Crippen LogP contribution >= 0.6 is 0 Å². The first-order chi connectivity index (χ1) is 10.7. The molecule has 1 amide bonds. The van der Waals surface area contributed by atoms with Gasteiger partial charge in [0, 0.05) is 17.2 Å². The van der Waals surface area contributed by atoms with Crippen molar-refractivity contribution in [3.8, 4) is 17.3 Å². The number of hydrogen-bond acceptors (Lipinski definition) is 3. The summed E-state index contributed by atoms with van der Waals surface area (Å²) in [5.74, 6) is -0.710. The summed E-state index contributed by atoms with van der Waals surface area (Å²) in [6.45, 7) is 0. The molecule has 0 spiro atoms. The molecule has 0 bridgehead atoms. The summed E-state index contributed by atoms with van der Waals surface area (Å²) in [5, 5.41) is 18.7. The minimum atomic E-state index is -0.378. The normalized spacial score (nSPS) is 14.5. The molecule has 3 rings (SSSR count). The molecule has 2 aromatic rings. The third-order valence-electron chi connectivity index (χ3n) is 3.38. The molecule has 1 heterocycles. The number of nitrogens with one attached hydrogen (secondary N) is 2. The van der Waals surface area contributed by atoms with Gasteiger partial charge in [0.15, 0.2) is 0 Å². The zero-order valence-electron chi connectivity index (χ0n) is 11.6. The number of aromatic nitrogens is 2. The second-order valence-corrected chi connectivity index (χ2v) is 5.12. The fraction of sp³-hybridized carbons (Fsp3) is 0.188. The summed E-state index contributed by atoms with van der Waals surface area (Å²) in [5.41, 5.74) is 1.99. The summed E-state index contributed by atoms with van der Waals surface area (Å²) in [7, 11) is 0. The van der Waals surface area contributed by atoms with E-state index in [1.807, 2.05) is 6.07 Å². The van der Waals surface area contributed by atoms with E-state index < -0.39 is 0 Å². The number of benzene rings is 1. The topological polar surface area (TPSA) is 81.6 Å². The maximum atomic E-state index is 13.0. The number of hydrogen-bond donors (Lipinski definition) is 2. The Hall–Kier alpha value is -2.94. The van der Waals surface area contributed by atoms with Gasteiger partial charge in [-0.25, -0.2) is 4.39 Å². The van der Waals surface area contributed by atoms with Gasteiger partial charge >= 0.3 is 0 Å². The predicted octanol–water partition coefficient (Wildman–Crippen LogP) is 2.40. The van der Waals surface area contributed by atoms with Crippen molar-refractivity contribution in [3.63, 3.8) is 0 Å². The van der Waals surface area contributed by atoms with Crippen LogP contribution in [0.15, 0.2) is 36.0 Å². The van der Waals surface area contributed by atoms with Crippen molar-refractivity contribution >= 4 is 12.0 Å². The van der Waals surface area contributed by atoms with E-state index in [0.717, 1.165) is 18.4 Å². The monoisotopic (exact) mass is 296 g/mol. The van der Waals surface area contributed by atoms with E-state index in [0.29, 0.717) is 11.3 Å².